The maximum Gasteiger partial charge on any atom is 0.407 e. The lowest BCUT2D eigenvalue weighted by atomic mass is 10.0. The van der Waals surface area contributed by atoms with Crippen LogP contribution in [0.5, 0.6) is 0 Å². The Balaban J connectivity index is 3.81. The maximum atomic E-state index is 11.4. The van der Waals surface area contributed by atoms with E-state index in [0.717, 1.165) is 0 Å². The summed E-state index contributed by atoms with van der Waals surface area (Å²) in [7, 11) is 1.76. The molecule has 0 aromatic rings. The molecule has 1 unspecified atom stereocenters. The Kier molecular flexibility index (Phi) is 9.04. The van der Waals surface area contributed by atoms with E-state index in [0.29, 0.717) is 26.3 Å². The number of carbonyl (C=O) groups is 2. The van der Waals surface area contributed by atoms with Crippen molar-refractivity contribution in [3.05, 3.63) is 0 Å². The molecule has 1 amide bonds. The van der Waals surface area contributed by atoms with Crippen molar-refractivity contribution in [3.8, 4) is 0 Å². The Hall–Kier alpha value is -1.34. The number of carbonyl (C=O) groups excluding carboxylic acids is 1. The van der Waals surface area contributed by atoms with Gasteiger partial charge >= 0.3 is 12.1 Å². The molecule has 7 nitrogen and oxygen atoms in total. The van der Waals surface area contributed by atoms with Crippen molar-refractivity contribution in [3.63, 3.8) is 0 Å². The summed E-state index contributed by atoms with van der Waals surface area (Å²) in [5.41, 5.74) is -0.518. The predicted molar refractivity (Wildman–Crippen MR) is 83.9 cm³/mol. The number of amides is 1. The van der Waals surface area contributed by atoms with Gasteiger partial charge in [-0.15, -0.1) is 0 Å². The summed E-state index contributed by atoms with van der Waals surface area (Å²) in [5.74, 6) is -0.805. The van der Waals surface area contributed by atoms with Crippen molar-refractivity contribution in [1.29, 1.82) is 0 Å². The molecule has 2 N–H and O–H groups in total. The van der Waals surface area contributed by atoms with Gasteiger partial charge in [-0.1, -0.05) is 13.8 Å². The lowest BCUT2D eigenvalue weighted by Crippen LogP contribution is -2.44. The molecule has 0 aromatic heterocycles. The van der Waals surface area contributed by atoms with Gasteiger partial charge < -0.3 is 19.9 Å². The highest BCUT2D eigenvalue weighted by Crippen LogP contribution is 2.09. The van der Waals surface area contributed by atoms with E-state index < -0.39 is 23.7 Å². The summed E-state index contributed by atoms with van der Waals surface area (Å²) < 4.78 is 10.5. The molecule has 22 heavy (non-hydrogen) atoms. The SMILES string of the molecule is CC(C)C(C(=O)O)N(C)CCOCCNC(=O)OC(C)(C)C. The van der Waals surface area contributed by atoms with Crippen molar-refractivity contribution >= 4 is 12.1 Å². The summed E-state index contributed by atoms with van der Waals surface area (Å²) in [6.45, 7) is 10.8. The van der Waals surface area contributed by atoms with Crippen LogP contribution in [0.3, 0.4) is 0 Å². The Morgan fingerprint density at radius 1 is 1.23 bits per heavy atom. The molecule has 7 heteroatoms. The molecule has 0 spiro atoms. The number of ether oxygens (including phenoxy) is 2. The molecular weight excluding hydrogens is 288 g/mol. The van der Waals surface area contributed by atoms with Gasteiger partial charge in [-0.2, -0.15) is 0 Å². The smallest absolute Gasteiger partial charge is 0.407 e. The number of nitrogens with one attached hydrogen (secondary N) is 1. The van der Waals surface area contributed by atoms with Crippen LogP contribution in [0, 0.1) is 5.92 Å². The molecule has 1 atom stereocenters. The standard InChI is InChI=1S/C15H30N2O5/c1-11(2)12(13(18)19)17(6)8-10-21-9-7-16-14(20)22-15(3,4)5/h11-12H,7-10H2,1-6H3,(H,16,20)(H,18,19). The Bertz CT molecular complexity index is 352. The number of alkyl carbamates (subject to hydrolysis) is 1. The normalized spacial score (nSPS) is 13.3. The van der Waals surface area contributed by atoms with Crippen molar-refractivity contribution in [2.45, 2.75) is 46.3 Å². The van der Waals surface area contributed by atoms with Gasteiger partial charge in [-0.25, -0.2) is 4.79 Å². The van der Waals surface area contributed by atoms with Gasteiger partial charge in [0.25, 0.3) is 0 Å². The number of carboxylic acids is 1. The Morgan fingerprint density at radius 2 is 1.82 bits per heavy atom. The molecule has 0 aliphatic carbocycles. The third-order valence-corrected chi connectivity index (χ3v) is 2.86. The third-order valence-electron chi connectivity index (χ3n) is 2.86. The van der Waals surface area contributed by atoms with Gasteiger partial charge in [-0.3, -0.25) is 9.69 Å². The minimum absolute atomic E-state index is 0.0244. The van der Waals surface area contributed by atoms with Crippen molar-refractivity contribution in [2.24, 2.45) is 5.92 Å². The maximum absolute atomic E-state index is 11.4. The van der Waals surface area contributed by atoms with Crippen LogP contribution in [0.4, 0.5) is 4.79 Å². The molecule has 0 bridgehead atoms. The van der Waals surface area contributed by atoms with Gasteiger partial charge in [0.15, 0.2) is 0 Å². The van der Waals surface area contributed by atoms with Crippen LogP contribution in [0.2, 0.25) is 0 Å². The summed E-state index contributed by atoms with van der Waals surface area (Å²) in [6, 6.07) is -0.525. The fourth-order valence-electron chi connectivity index (χ4n) is 1.97. The minimum atomic E-state index is -0.830. The van der Waals surface area contributed by atoms with Gasteiger partial charge in [0.1, 0.15) is 11.6 Å². The molecule has 0 saturated heterocycles. The van der Waals surface area contributed by atoms with E-state index in [2.05, 4.69) is 5.32 Å². The van der Waals surface area contributed by atoms with Crippen molar-refractivity contribution in [1.82, 2.24) is 10.2 Å². The predicted octanol–water partition coefficient (Wildman–Crippen LogP) is 1.57. The first-order valence-corrected chi connectivity index (χ1v) is 7.52. The summed E-state index contributed by atoms with van der Waals surface area (Å²) in [5, 5.41) is 11.8. The average molecular weight is 318 g/mol. The van der Waals surface area contributed by atoms with Crippen molar-refractivity contribution < 1.29 is 24.2 Å². The number of hydrogen-bond donors (Lipinski definition) is 2. The molecule has 130 valence electrons. The van der Waals surface area contributed by atoms with E-state index in [1.165, 1.54) is 0 Å². The zero-order valence-electron chi connectivity index (χ0n) is 14.5. The molecule has 0 radical (unpaired) electrons. The zero-order valence-corrected chi connectivity index (χ0v) is 14.5. The second kappa shape index (κ2) is 9.63. The fourth-order valence-corrected chi connectivity index (χ4v) is 1.97. The topological polar surface area (TPSA) is 88.1 Å². The molecule has 0 aliphatic rings. The van der Waals surface area contributed by atoms with E-state index >= 15 is 0 Å². The van der Waals surface area contributed by atoms with Crippen LogP contribution in [0.15, 0.2) is 0 Å². The fraction of sp³-hybridized carbons (Fsp3) is 0.867. The van der Waals surface area contributed by atoms with E-state index in [-0.39, 0.29) is 5.92 Å². The highest BCUT2D eigenvalue weighted by atomic mass is 16.6. The van der Waals surface area contributed by atoms with Gasteiger partial charge in [-0.05, 0) is 33.7 Å². The van der Waals surface area contributed by atoms with Crippen LogP contribution in [-0.2, 0) is 14.3 Å². The van der Waals surface area contributed by atoms with Crippen LogP contribution < -0.4 is 5.32 Å². The highest BCUT2D eigenvalue weighted by Gasteiger charge is 2.25. The number of rotatable bonds is 9. The second-order valence-corrected chi connectivity index (χ2v) is 6.55. The lowest BCUT2D eigenvalue weighted by Gasteiger charge is -2.27. The van der Waals surface area contributed by atoms with E-state index in [1.807, 2.05) is 13.8 Å². The Labute approximate surface area is 133 Å². The average Bonchev–Trinajstić information content (AvgIpc) is 2.30. The first-order chi connectivity index (χ1) is 10.0. The lowest BCUT2D eigenvalue weighted by molar-refractivity contribution is -0.144. The number of hydrogen-bond acceptors (Lipinski definition) is 5. The first-order valence-electron chi connectivity index (χ1n) is 7.52. The largest absolute Gasteiger partial charge is 0.480 e. The van der Waals surface area contributed by atoms with Crippen LogP contribution in [-0.4, -0.2) is 67.1 Å². The zero-order chi connectivity index (χ0) is 17.3. The molecule has 0 aromatic carbocycles. The molecular formula is C15H30N2O5. The van der Waals surface area contributed by atoms with Crippen LogP contribution >= 0.6 is 0 Å². The minimum Gasteiger partial charge on any atom is -0.480 e. The quantitative estimate of drug-likeness (QED) is 0.627. The number of aliphatic carboxylic acids is 1. The highest BCUT2D eigenvalue weighted by molar-refractivity contribution is 5.73. The molecule has 0 heterocycles. The molecule has 0 aliphatic heterocycles. The van der Waals surface area contributed by atoms with Crippen LogP contribution in [0.25, 0.3) is 0 Å². The number of likely N-dealkylation sites (N-methyl/N-ethyl adjacent to an activating group) is 1. The van der Waals surface area contributed by atoms with E-state index in [9.17, 15) is 9.59 Å². The van der Waals surface area contributed by atoms with Crippen molar-refractivity contribution in [2.75, 3.05) is 33.4 Å². The van der Waals surface area contributed by atoms with E-state index in [1.54, 1.807) is 32.7 Å². The van der Waals surface area contributed by atoms with Gasteiger partial charge in [0, 0.05) is 13.1 Å². The van der Waals surface area contributed by atoms with E-state index in [4.69, 9.17) is 14.6 Å². The third kappa shape index (κ3) is 9.57. The second-order valence-electron chi connectivity index (χ2n) is 6.55. The summed E-state index contributed by atoms with van der Waals surface area (Å²) in [4.78, 5) is 24.3. The van der Waals surface area contributed by atoms with Gasteiger partial charge in [0.05, 0.1) is 13.2 Å². The monoisotopic (exact) mass is 318 g/mol. The summed E-state index contributed by atoms with van der Waals surface area (Å²) in [6.07, 6.45) is -0.473. The number of carboxylic acid groups (broad SMARTS) is 1. The Morgan fingerprint density at radius 3 is 2.27 bits per heavy atom. The molecule has 0 saturated carbocycles. The number of nitrogens with zero attached hydrogens (tertiary/aromatic N) is 1. The van der Waals surface area contributed by atoms with Crippen LogP contribution in [0.1, 0.15) is 34.6 Å². The first kappa shape index (κ1) is 20.7. The van der Waals surface area contributed by atoms with Gasteiger partial charge in [0.2, 0.25) is 0 Å². The summed E-state index contributed by atoms with van der Waals surface area (Å²) >= 11 is 0. The molecule has 0 fully saturated rings. The molecule has 0 rings (SSSR count).